The summed E-state index contributed by atoms with van der Waals surface area (Å²) >= 11 is 13.6. The molecular weight excluding hydrogens is 375 g/mol. The Morgan fingerprint density at radius 1 is 1.12 bits per heavy atom. The van der Waals surface area contributed by atoms with Gasteiger partial charge in [-0.1, -0.05) is 53.5 Å². The number of hydrogen-bond acceptors (Lipinski definition) is 4. The fourth-order valence-corrected chi connectivity index (χ4v) is 4.23. The van der Waals surface area contributed by atoms with Gasteiger partial charge in [-0.05, 0) is 36.1 Å². The molecule has 0 saturated heterocycles. The number of hydrogen-bond donors (Lipinski definition) is 2. The quantitative estimate of drug-likeness (QED) is 0.613. The summed E-state index contributed by atoms with van der Waals surface area (Å²) in [5.74, 6) is 0. The molecule has 0 spiro atoms. The largest absolute Gasteiger partial charge is 0.391 e. The average Bonchev–Trinajstić information content (AvgIpc) is 3.08. The Morgan fingerprint density at radius 3 is 2.80 bits per heavy atom. The van der Waals surface area contributed by atoms with E-state index in [1.54, 1.807) is 6.07 Å². The van der Waals surface area contributed by atoms with E-state index in [2.05, 4.69) is 22.4 Å². The number of fused-ring (bicyclic) bond motifs is 1. The molecule has 1 aliphatic carbocycles. The molecule has 2 N–H and O–H groups in total. The molecule has 1 aromatic heterocycles. The highest BCUT2D eigenvalue weighted by atomic mass is 35.5. The van der Waals surface area contributed by atoms with E-state index in [4.69, 9.17) is 23.2 Å². The predicted molar refractivity (Wildman–Crippen MR) is 105 cm³/mol. The van der Waals surface area contributed by atoms with E-state index >= 15 is 0 Å². The summed E-state index contributed by atoms with van der Waals surface area (Å²) in [6.07, 6.45) is 1.23. The lowest BCUT2D eigenvalue weighted by molar-refractivity contribution is 0.135. The lowest BCUT2D eigenvalue weighted by Crippen LogP contribution is -2.30. The van der Waals surface area contributed by atoms with Crippen molar-refractivity contribution < 1.29 is 5.11 Å². The Labute approximate surface area is 160 Å². The molecule has 0 saturated carbocycles. The number of benzene rings is 2. The lowest BCUT2D eigenvalue weighted by Gasteiger charge is -2.30. The first-order valence-corrected chi connectivity index (χ1v) is 9.69. The van der Waals surface area contributed by atoms with Crippen LogP contribution in [0.5, 0.6) is 0 Å². The smallest absolute Gasteiger partial charge is 0.183 e. The van der Waals surface area contributed by atoms with Crippen molar-refractivity contribution in [2.75, 3.05) is 5.32 Å². The highest BCUT2D eigenvalue weighted by molar-refractivity contribution is 7.14. The minimum Gasteiger partial charge on any atom is -0.391 e. The molecule has 1 aliphatic rings. The van der Waals surface area contributed by atoms with Gasteiger partial charge >= 0.3 is 0 Å². The van der Waals surface area contributed by atoms with Gasteiger partial charge in [-0.15, -0.1) is 11.3 Å². The van der Waals surface area contributed by atoms with Gasteiger partial charge in [0.25, 0.3) is 0 Å². The summed E-state index contributed by atoms with van der Waals surface area (Å²) in [6.45, 7) is 0. The van der Waals surface area contributed by atoms with E-state index in [-0.39, 0.29) is 6.04 Å². The van der Waals surface area contributed by atoms with Crippen molar-refractivity contribution >= 4 is 39.7 Å². The standard InChI is InChI=1S/C19H16Cl2N2OS/c20-14-7-5-12(9-15(14)21)16-10-25-19(22-16)23-18-13-4-2-1-3-11(13)6-8-17(18)24/h1-5,7,9-10,17-18,24H,6,8H2,(H,22,23). The Kier molecular flexibility index (Phi) is 4.69. The number of thiazole rings is 1. The van der Waals surface area contributed by atoms with Crippen LogP contribution in [0.15, 0.2) is 47.8 Å². The Bertz CT molecular complexity index is 912. The van der Waals surface area contributed by atoms with Crippen molar-refractivity contribution in [3.8, 4) is 11.3 Å². The first-order chi connectivity index (χ1) is 12.1. The SMILES string of the molecule is OC1CCc2ccccc2C1Nc1nc(-c2ccc(Cl)c(Cl)c2)cs1. The minimum absolute atomic E-state index is 0.141. The molecule has 6 heteroatoms. The highest BCUT2D eigenvalue weighted by Crippen LogP contribution is 2.35. The lowest BCUT2D eigenvalue weighted by atomic mass is 9.86. The topological polar surface area (TPSA) is 45.1 Å². The van der Waals surface area contributed by atoms with Crippen LogP contribution >= 0.6 is 34.5 Å². The number of nitrogens with zero attached hydrogens (tertiary/aromatic N) is 1. The zero-order valence-corrected chi connectivity index (χ0v) is 15.6. The molecule has 2 atom stereocenters. The zero-order chi connectivity index (χ0) is 17.4. The highest BCUT2D eigenvalue weighted by Gasteiger charge is 2.28. The summed E-state index contributed by atoms with van der Waals surface area (Å²) < 4.78 is 0. The normalized spacial score (nSPS) is 19.5. The van der Waals surface area contributed by atoms with Crippen LogP contribution in [0.25, 0.3) is 11.3 Å². The molecule has 0 bridgehead atoms. The molecule has 4 rings (SSSR count). The van der Waals surface area contributed by atoms with Crippen molar-refractivity contribution in [3.63, 3.8) is 0 Å². The number of aliphatic hydroxyl groups is 1. The van der Waals surface area contributed by atoms with E-state index in [0.717, 1.165) is 34.8 Å². The van der Waals surface area contributed by atoms with Crippen LogP contribution in [0, 0.1) is 0 Å². The molecule has 25 heavy (non-hydrogen) atoms. The maximum absolute atomic E-state index is 10.5. The summed E-state index contributed by atoms with van der Waals surface area (Å²) in [4.78, 5) is 4.65. The number of anilines is 1. The van der Waals surface area contributed by atoms with Gasteiger partial charge in [0.1, 0.15) is 0 Å². The van der Waals surface area contributed by atoms with E-state index < -0.39 is 6.10 Å². The van der Waals surface area contributed by atoms with Gasteiger partial charge in [0, 0.05) is 10.9 Å². The number of aromatic nitrogens is 1. The van der Waals surface area contributed by atoms with Crippen LogP contribution < -0.4 is 5.32 Å². The Hall–Kier alpha value is -1.59. The maximum atomic E-state index is 10.5. The molecule has 0 fully saturated rings. The van der Waals surface area contributed by atoms with Crippen LogP contribution in [0.1, 0.15) is 23.6 Å². The predicted octanol–water partition coefficient (Wildman–Crippen LogP) is 5.58. The van der Waals surface area contributed by atoms with Gasteiger partial charge in [-0.25, -0.2) is 4.98 Å². The molecule has 2 aromatic carbocycles. The Balaban J connectivity index is 1.60. The van der Waals surface area contributed by atoms with Crippen LogP contribution in [-0.2, 0) is 6.42 Å². The second kappa shape index (κ2) is 6.96. The van der Waals surface area contributed by atoms with Crippen molar-refractivity contribution in [1.82, 2.24) is 4.98 Å². The zero-order valence-electron chi connectivity index (χ0n) is 13.2. The van der Waals surface area contributed by atoms with Crippen molar-refractivity contribution in [2.24, 2.45) is 0 Å². The summed E-state index contributed by atoms with van der Waals surface area (Å²) in [7, 11) is 0. The van der Waals surface area contributed by atoms with Gasteiger partial charge in [-0.3, -0.25) is 0 Å². The van der Waals surface area contributed by atoms with Gasteiger partial charge < -0.3 is 10.4 Å². The number of aryl methyl sites for hydroxylation is 1. The summed E-state index contributed by atoms with van der Waals surface area (Å²) in [5.41, 5.74) is 4.19. The summed E-state index contributed by atoms with van der Waals surface area (Å²) in [5, 5.41) is 17.6. The molecule has 0 radical (unpaired) electrons. The van der Waals surface area contributed by atoms with Gasteiger partial charge in [-0.2, -0.15) is 0 Å². The fraction of sp³-hybridized carbons (Fsp3) is 0.211. The number of rotatable bonds is 3. The van der Waals surface area contributed by atoms with Crippen LogP contribution in [0.4, 0.5) is 5.13 Å². The first kappa shape index (κ1) is 16.9. The number of nitrogens with one attached hydrogen (secondary N) is 1. The molecular formula is C19H16Cl2N2OS. The number of halogens is 2. The van der Waals surface area contributed by atoms with E-state index in [9.17, 15) is 5.11 Å². The second-order valence-electron chi connectivity index (χ2n) is 6.09. The van der Waals surface area contributed by atoms with Crippen molar-refractivity contribution in [2.45, 2.75) is 25.0 Å². The van der Waals surface area contributed by atoms with Gasteiger partial charge in [0.2, 0.25) is 0 Å². The molecule has 0 aliphatic heterocycles. The van der Waals surface area contributed by atoms with E-state index in [1.165, 1.54) is 16.9 Å². The van der Waals surface area contributed by atoms with Crippen LogP contribution in [-0.4, -0.2) is 16.2 Å². The third kappa shape index (κ3) is 3.40. The van der Waals surface area contributed by atoms with Gasteiger partial charge in [0.15, 0.2) is 5.13 Å². The second-order valence-corrected chi connectivity index (χ2v) is 7.77. The summed E-state index contributed by atoms with van der Waals surface area (Å²) in [6, 6.07) is 13.6. The molecule has 2 unspecified atom stereocenters. The third-order valence-electron chi connectivity index (χ3n) is 4.48. The average molecular weight is 391 g/mol. The maximum Gasteiger partial charge on any atom is 0.183 e. The van der Waals surface area contributed by atoms with Crippen molar-refractivity contribution in [1.29, 1.82) is 0 Å². The van der Waals surface area contributed by atoms with Crippen molar-refractivity contribution in [3.05, 3.63) is 69.0 Å². The van der Waals surface area contributed by atoms with Gasteiger partial charge in [0.05, 0.1) is 27.9 Å². The fourth-order valence-electron chi connectivity index (χ4n) is 3.18. The minimum atomic E-state index is -0.424. The first-order valence-electron chi connectivity index (χ1n) is 8.05. The third-order valence-corrected chi connectivity index (χ3v) is 6.00. The van der Waals surface area contributed by atoms with Crippen LogP contribution in [0.3, 0.4) is 0 Å². The number of aliphatic hydroxyl groups excluding tert-OH is 1. The Morgan fingerprint density at radius 2 is 1.96 bits per heavy atom. The van der Waals surface area contributed by atoms with E-state index in [1.807, 2.05) is 29.6 Å². The molecule has 1 heterocycles. The molecule has 3 nitrogen and oxygen atoms in total. The molecule has 128 valence electrons. The monoisotopic (exact) mass is 390 g/mol. The molecule has 0 amide bonds. The van der Waals surface area contributed by atoms with Crippen LogP contribution in [0.2, 0.25) is 10.0 Å². The molecule has 3 aromatic rings. The van der Waals surface area contributed by atoms with E-state index in [0.29, 0.717) is 10.0 Å².